The zero-order chi connectivity index (χ0) is 22.4. The first-order valence-electron chi connectivity index (χ1n) is 10.8. The molecular formula is C26H21N3O4. The third-order valence-corrected chi connectivity index (χ3v) is 6.26. The van der Waals surface area contributed by atoms with Crippen LogP contribution in [0.5, 0.6) is 17.2 Å². The van der Waals surface area contributed by atoms with Crippen molar-refractivity contribution >= 4 is 5.91 Å². The van der Waals surface area contributed by atoms with Crippen molar-refractivity contribution in [1.29, 1.82) is 0 Å². The minimum atomic E-state index is -0.390. The maximum atomic E-state index is 13.6. The summed E-state index contributed by atoms with van der Waals surface area (Å²) < 4.78 is 17.0. The molecule has 0 aliphatic carbocycles. The Morgan fingerprint density at radius 1 is 0.939 bits per heavy atom. The summed E-state index contributed by atoms with van der Waals surface area (Å²) in [4.78, 5) is 20.0. The van der Waals surface area contributed by atoms with Gasteiger partial charge in [-0.25, -0.2) is 0 Å². The second-order valence-electron chi connectivity index (χ2n) is 8.21. The second-order valence-corrected chi connectivity index (χ2v) is 8.21. The van der Waals surface area contributed by atoms with Crippen LogP contribution in [0.3, 0.4) is 0 Å². The molecule has 1 aromatic heterocycles. The molecule has 1 fully saturated rings. The number of likely N-dealkylation sites (tertiary alicyclic amines) is 1. The molecule has 0 N–H and O–H groups in total. The predicted molar refractivity (Wildman–Crippen MR) is 120 cm³/mol. The summed E-state index contributed by atoms with van der Waals surface area (Å²) in [6.07, 6.45) is 0. The number of hydrogen-bond donors (Lipinski definition) is 0. The number of fused-ring (bicyclic) bond motifs is 2. The summed E-state index contributed by atoms with van der Waals surface area (Å²) in [5, 5.41) is 4.13. The van der Waals surface area contributed by atoms with Crippen LogP contribution in [0.15, 0.2) is 77.3 Å². The molecule has 164 valence electrons. The van der Waals surface area contributed by atoms with Crippen molar-refractivity contribution in [3.05, 3.63) is 89.8 Å². The highest BCUT2D eigenvalue weighted by atomic mass is 16.5. The number of ether oxygens (including phenoxy) is 2. The molecule has 4 aromatic rings. The lowest BCUT2D eigenvalue weighted by atomic mass is 9.85. The molecule has 0 bridgehead atoms. The molecule has 0 unspecified atom stereocenters. The van der Waals surface area contributed by atoms with Crippen molar-refractivity contribution < 1.29 is 18.8 Å². The SMILES string of the molecule is COc1ccccc1-c1noc(C2CN(C(=O)C3c4ccccc4Oc4ccccc43)C2)n1. The largest absolute Gasteiger partial charge is 0.496 e. The molecule has 33 heavy (non-hydrogen) atoms. The first-order chi connectivity index (χ1) is 16.2. The maximum Gasteiger partial charge on any atom is 0.234 e. The Bertz CT molecular complexity index is 1300. The molecule has 0 spiro atoms. The number of amides is 1. The number of para-hydroxylation sites is 3. The molecule has 3 heterocycles. The van der Waals surface area contributed by atoms with Crippen LogP contribution in [-0.2, 0) is 4.79 Å². The number of carbonyl (C=O) groups excluding carboxylic acids is 1. The highest BCUT2D eigenvalue weighted by molar-refractivity contribution is 5.90. The van der Waals surface area contributed by atoms with Gasteiger partial charge in [0.15, 0.2) is 0 Å². The van der Waals surface area contributed by atoms with Gasteiger partial charge in [0.05, 0.1) is 24.5 Å². The number of hydrogen-bond acceptors (Lipinski definition) is 6. The molecule has 7 nitrogen and oxygen atoms in total. The number of nitrogens with zero attached hydrogens (tertiary/aromatic N) is 3. The minimum Gasteiger partial charge on any atom is -0.496 e. The highest BCUT2D eigenvalue weighted by Gasteiger charge is 2.42. The van der Waals surface area contributed by atoms with E-state index >= 15 is 0 Å². The number of aromatic nitrogens is 2. The van der Waals surface area contributed by atoms with E-state index in [0.717, 1.165) is 28.2 Å². The first kappa shape index (κ1) is 19.5. The molecule has 2 aliphatic rings. The predicted octanol–water partition coefficient (Wildman–Crippen LogP) is 4.61. The molecule has 0 saturated carbocycles. The summed E-state index contributed by atoms with van der Waals surface area (Å²) in [6, 6.07) is 23.0. The molecule has 3 aromatic carbocycles. The first-order valence-corrected chi connectivity index (χ1v) is 10.8. The fourth-order valence-corrected chi connectivity index (χ4v) is 4.51. The van der Waals surface area contributed by atoms with Gasteiger partial charge in [-0.1, -0.05) is 53.7 Å². The van der Waals surface area contributed by atoms with Gasteiger partial charge >= 0.3 is 0 Å². The van der Waals surface area contributed by atoms with Crippen LogP contribution in [0.25, 0.3) is 11.4 Å². The summed E-state index contributed by atoms with van der Waals surface area (Å²) in [6.45, 7) is 1.07. The van der Waals surface area contributed by atoms with Gasteiger partial charge in [0.25, 0.3) is 0 Å². The van der Waals surface area contributed by atoms with Gasteiger partial charge < -0.3 is 18.9 Å². The smallest absolute Gasteiger partial charge is 0.234 e. The number of benzene rings is 3. The van der Waals surface area contributed by atoms with Crippen LogP contribution in [0.1, 0.15) is 28.9 Å². The molecule has 1 amide bonds. The Balaban J connectivity index is 1.22. The number of rotatable bonds is 4. The normalized spacial score (nSPS) is 15.2. The topological polar surface area (TPSA) is 77.7 Å². The van der Waals surface area contributed by atoms with E-state index < -0.39 is 0 Å². The van der Waals surface area contributed by atoms with Gasteiger partial charge in [-0.15, -0.1) is 0 Å². The van der Waals surface area contributed by atoms with E-state index in [1.165, 1.54) is 0 Å². The van der Waals surface area contributed by atoms with Crippen LogP contribution in [0.4, 0.5) is 0 Å². The molecular weight excluding hydrogens is 418 g/mol. The third kappa shape index (κ3) is 3.24. The van der Waals surface area contributed by atoms with Crippen molar-refractivity contribution in [2.24, 2.45) is 0 Å². The molecule has 0 atom stereocenters. The Morgan fingerprint density at radius 2 is 1.58 bits per heavy atom. The lowest BCUT2D eigenvalue weighted by Gasteiger charge is -2.40. The number of carbonyl (C=O) groups is 1. The van der Waals surface area contributed by atoms with Gasteiger partial charge in [0.1, 0.15) is 17.2 Å². The van der Waals surface area contributed by atoms with E-state index in [9.17, 15) is 4.79 Å². The van der Waals surface area contributed by atoms with E-state index in [0.29, 0.717) is 30.6 Å². The van der Waals surface area contributed by atoms with Crippen LogP contribution in [0.2, 0.25) is 0 Å². The van der Waals surface area contributed by atoms with Gasteiger partial charge in [0.2, 0.25) is 17.6 Å². The highest BCUT2D eigenvalue weighted by Crippen LogP contribution is 2.45. The van der Waals surface area contributed by atoms with Crippen LogP contribution >= 0.6 is 0 Å². The standard InChI is InChI=1S/C26H21N3O4/c1-31-20-11-5-4-10-19(20)24-27-25(33-28-24)16-14-29(15-16)26(30)23-17-8-2-6-12-21(17)32-22-13-7-3-9-18(22)23/h2-13,16,23H,14-15H2,1H3. The summed E-state index contributed by atoms with van der Waals surface area (Å²) >= 11 is 0. The molecule has 6 rings (SSSR count). The van der Waals surface area contributed by atoms with Gasteiger partial charge in [-0.2, -0.15) is 4.98 Å². The van der Waals surface area contributed by atoms with Crippen molar-refractivity contribution in [1.82, 2.24) is 15.0 Å². The van der Waals surface area contributed by atoms with Crippen molar-refractivity contribution in [2.45, 2.75) is 11.8 Å². The molecule has 2 aliphatic heterocycles. The van der Waals surface area contributed by atoms with Crippen LogP contribution in [0, 0.1) is 0 Å². The van der Waals surface area contributed by atoms with Crippen LogP contribution in [-0.4, -0.2) is 41.1 Å². The van der Waals surface area contributed by atoms with Gasteiger partial charge in [-0.05, 0) is 24.3 Å². The Morgan fingerprint density at radius 3 is 2.27 bits per heavy atom. The summed E-state index contributed by atoms with van der Waals surface area (Å²) in [7, 11) is 1.61. The molecule has 7 heteroatoms. The minimum absolute atomic E-state index is 0.00948. The quantitative estimate of drug-likeness (QED) is 0.462. The fourth-order valence-electron chi connectivity index (χ4n) is 4.51. The third-order valence-electron chi connectivity index (χ3n) is 6.26. The average molecular weight is 439 g/mol. The average Bonchev–Trinajstić information content (AvgIpc) is 3.30. The van der Waals surface area contributed by atoms with Crippen molar-refractivity contribution in [2.75, 3.05) is 20.2 Å². The Labute approximate surface area is 190 Å². The fraction of sp³-hybridized carbons (Fsp3) is 0.192. The Kier molecular flexibility index (Phi) is 4.61. The van der Waals surface area contributed by atoms with E-state index in [1.54, 1.807) is 7.11 Å². The lowest BCUT2D eigenvalue weighted by Crippen LogP contribution is -2.50. The van der Waals surface area contributed by atoms with Crippen molar-refractivity contribution in [3.8, 4) is 28.6 Å². The van der Waals surface area contributed by atoms with E-state index in [1.807, 2.05) is 77.7 Å². The summed E-state index contributed by atoms with van der Waals surface area (Å²) in [5.74, 6) is 2.84. The molecule has 1 saturated heterocycles. The zero-order valence-corrected chi connectivity index (χ0v) is 18.0. The lowest BCUT2D eigenvalue weighted by molar-refractivity contribution is -0.136. The maximum absolute atomic E-state index is 13.6. The van der Waals surface area contributed by atoms with E-state index in [4.69, 9.17) is 14.0 Å². The van der Waals surface area contributed by atoms with Gasteiger partial charge in [-0.3, -0.25) is 4.79 Å². The van der Waals surface area contributed by atoms with Crippen LogP contribution < -0.4 is 9.47 Å². The second kappa shape index (κ2) is 7.78. The number of methoxy groups -OCH3 is 1. The molecule has 0 radical (unpaired) electrons. The van der Waals surface area contributed by atoms with E-state index in [2.05, 4.69) is 10.1 Å². The van der Waals surface area contributed by atoms with Gasteiger partial charge in [0, 0.05) is 24.2 Å². The monoisotopic (exact) mass is 439 g/mol. The van der Waals surface area contributed by atoms with E-state index in [-0.39, 0.29) is 17.7 Å². The van der Waals surface area contributed by atoms with Crippen molar-refractivity contribution in [3.63, 3.8) is 0 Å². The summed E-state index contributed by atoms with van der Waals surface area (Å²) in [5.41, 5.74) is 2.56. The zero-order valence-electron chi connectivity index (χ0n) is 18.0. The Hall–Kier alpha value is -4.13.